The standard InChI is InChI=1S/C16H16N4O/c21-11-13(10-12-4-2-1-3-5-12)19-15-7-6-14-16(20-15)18-9-8-17-14/h1-9,13,21H,10-11H2,(H,18,19,20). The van der Waals surface area contributed by atoms with Crippen LogP contribution in [0.4, 0.5) is 5.82 Å². The van der Waals surface area contributed by atoms with Gasteiger partial charge in [0.05, 0.1) is 12.6 Å². The van der Waals surface area contributed by atoms with Gasteiger partial charge in [-0.3, -0.25) is 4.98 Å². The lowest BCUT2D eigenvalue weighted by Crippen LogP contribution is -2.26. The Balaban J connectivity index is 1.76. The van der Waals surface area contributed by atoms with Crippen LogP contribution in [0.5, 0.6) is 0 Å². The zero-order valence-electron chi connectivity index (χ0n) is 11.5. The van der Waals surface area contributed by atoms with Crippen molar-refractivity contribution in [2.45, 2.75) is 12.5 Å². The van der Waals surface area contributed by atoms with Crippen molar-refractivity contribution < 1.29 is 5.11 Å². The molecular formula is C16H16N4O. The number of hydrogen-bond acceptors (Lipinski definition) is 5. The molecule has 0 bridgehead atoms. The molecule has 0 aliphatic carbocycles. The number of nitrogens with zero attached hydrogens (tertiary/aromatic N) is 3. The molecule has 2 N–H and O–H groups in total. The fraction of sp³-hybridized carbons (Fsp3) is 0.188. The third-order valence-corrected chi connectivity index (χ3v) is 3.23. The number of anilines is 1. The van der Waals surface area contributed by atoms with Gasteiger partial charge in [0, 0.05) is 12.4 Å². The first-order valence-electron chi connectivity index (χ1n) is 6.84. The van der Waals surface area contributed by atoms with E-state index in [2.05, 4.69) is 20.3 Å². The lowest BCUT2D eigenvalue weighted by atomic mass is 10.1. The summed E-state index contributed by atoms with van der Waals surface area (Å²) in [6.45, 7) is 0.0368. The molecule has 21 heavy (non-hydrogen) atoms. The van der Waals surface area contributed by atoms with E-state index in [1.165, 1.54) is 5.56 Å². The van der Waals surface area contributed by atoms with Crippen molar-refractivity contribution in [2.24, 2.45) is 0 Å². The molecule has 0 radical (unpaired) electrons. The average Bonchev–Trinajstić information content (AvgIpc) is 2.55. The molecule has 3 rings (SSSR count). The second-order valence-corrected chi connectivity index (χ2v) is 4.81. The van der Waals surface area contributed by atoms with Gasteiger partial charge in [0.25, 0.3) is 0 Å². The minimum atomic E-state index is -0.0889. The monoisotopic (exact) mass is 280 g/mol. The average molecular weight is 280 g/mol. The van der Waals surface area contributed by atoms with Crippen molar-refractivity contribution in [3.63, 3.8) is 0 Å². The molecule has 0 spiro atoms. The molecular weight excluding hydrogens is 264 g/mol. The van der Waals surface area contributed by atoms with E-state index in [1.807, 2.05) is 42.5 Å². The number of benzene rings is 1. The van der Waals surface area contributed by atoms with Gasteiger partial charge in [0.2, 0.25) is 0 Å². The fourth-order valence-electron chi connectivity index (χ4n) is 2.20. The summed E-state index contributed by atoms with van der Waals surface area (Å²) in [5, 5.41) is 12.8. The van der Waals surface area contributed by atoms with Gasteiger partial charge in [-0.25, -0.2) is 9.97 Å². The highest BCUT2D eigenvalue weighted by Gasteiger charge is 2.09. The summed E-state index contributed by atoms with van der Waals surface area (Å²) in [5.41, 5.74) is 2.52. The first-order chi connectivity index (χ1) is 10.3. The number of rotatable bonds is 5. The topological polar surface area (TPSA) is 70.9 Å². The van der Waals surface area contributed by atoms with Crippen molar-refractivity contribution in [2.75, 3.05) is 11.9 Å². The predicted molar refractivity (Wildman–Crippen MR) is 82.0 cm³/mol. The van der Waals surface area contributed by atoms with Gasteiger partial charge >= 0.3 is 0 Å². The molecule has 0 saturated heterocycles. The van der Waals surface area contributed by atoms with E-state index in [0.29, 0.717) is 11.5 Å². The molecule has 0 fully saturated rings. The Morgan fingerprint density at radius 3 is 2.62 bits per heavy atom. The van der Waals surface area contributed by atoms with Crippen LogP contribution in [0.1, 0.15) is 5.56 Å². The molecule has 2 aromatic heterocycles. The van der Waals surface area contributed by atoms with Crippen LogP contribution in [0.3, 0.4) is 0 Å². The highest BCUT2D eigenvalue weighted by molar-refractivity contribution is 5.71. The Bertz CT molecular complexity index is 718. The van der Waals surface area contributed by atoms with Gasteiger partial charge in [0.1, 0.15) is 11.3 Å². The summed E-state index contributed by atoms with van der Waals surface area (Å²) in [7, 11) is 0. The highest BCUT2D eigenvalue weighted by Crippen LogP contribution is 2.13. The summed E-state index contributed by atoms with van der Waals surface area (Å²) in [5.74, 6) is 0.693. The van der Waals surface area contributed by atoms with Gasteiger partial charge < -0.3 is 10.4 Å². The van der Waals surface area contributed by atoms with E-state index in [1.54, 1.807) is 12.4 Å². The number of aromatic nitrogens is 3. The number of pyridine rings is 1. The highest BCUT2D eigenvalue weighted by atomic mass is 16.3. The molecule has 1 atom stereocenters. The molecule has 1 unspecified atom stereocenters. The van der Waals surface area contributed by atoms with Crippen LogP contribution in [0.2, 0.25) is 0 Å². The fourth-order valence-corrected chi connectivity index (χ4v) is 2.20. The summed E-state index contributed by atoms with van der Waals surface area (Å²) in [6.07, 6.45) is 3.99. The zero-order chi connectivity index (χ0) is 14.5. The Kier molecular flexibility index (Phi) is 4.02. The van der Waals surface area contributed by atoms with E-state index in [9.17, 15) is 5.11 Å². The van der Waals surface area contributed by atoms with E-state index in [0.717, 1.165) is 11.9 Å². The minimum absolute atomic E-state index is 0.0368. The maximum absolute atomic E-state index is 9.54. The van der Waals surface area contributed by atoms with Gasteiger partial charge in [-0.05, 0) is 24.1 Å². The molecule has 0 aliphatic rings. The van der Waals surface area contributed by atoms with Crippen LogP contribution in [0.25, 0.3) is 11.2 Å². The third kappa shape index (κ3) is 3.32. The first-order valence-corrected chi connectivity index (χ1v) is 6.84. The molecule has 1 aromatic carbocycles. The SMILES string of the molecule is OCC(Cc1ccccc1)Nc1ccc2nccnc2n1. The smallest absolute Gasteiger partial charge is 0.180 e. The molecule has 106 valence electrons. The molecule has 0 saturated carbocycles. The predicted octanol–water partition coefficient (Wildman–Crippen LogP) is 2.04. The molecule has 3 aromatic rings. The van der Waals surface area contributed by atoms with Gasteiger partial charge in [0.15, 0.2) is 5.65 Å². The summed E-state index contributed by atoms with van der Waals surface area (Å²) < 4.78 is 0. The number of nitrogens with one attached hydrogen (secondary N) is 1. The molecule has 0 aliphatic heterocycles. The normalized spacial score (nSPS) is 12.2. The zero-order valence-corrected chi connectivity index (χ0v) is 11.5. The summed E-state index contributed by atoms with van der Waals surface area (Å²) in [6, 6.07) is 13.7. The Morgan fingerprint density at radius 1 is 1.00 bits per heavy atom. The van der Waals surface area contributed by atoms with Crippen LogP contribution in [0, 0.1) is 0 Å². The second-order valence-electron chi connectivity index (χ2n) is 4.81. The maximum Gasteiger partial charge on any atom is 0.180 e. The number of aliphatic hydroxyl groups is 1. The van der Waals surface area contributed by atoms with Gasteiger partial charge in [-0.15, -0.1) is 0 Å². The van der Waals surface area contributed by atoms with Crippen molar-refractivity contribution in [1.82, 2.24) is 15.0 Å². The van der Waals surface area contributed by atoms with Gasteiger partial charge in [-0.1, -0.05) is 30.3 Å². The minimum Gasteiger partial charge on any atom is -0.394 e. The van der Waals surface area contributed by atoms with E-state index in [-0.39, 0.29) is 12.6 Å². The molecule has 2 heterocycles. The van der Waals surface area contributed by atoms with E-state index < -0.39 is 0 Å². The van der Waals surface area contributed by atoms with Crippen LogP contribution in [-0.2, 0) is 6.42 Å². The van der Waals surface area contributed by atoms with Crippen LogP contribution < -0.4 is 5.32 Å². The molecule has 5 heteroatoms. The second kappa shape index (κ2) is 6.28. The Labute approximate surface area is 122 Å². The van der Waals surface area contributed by atoms with Crippen LogP contribution >= 0.6 is 0 Å². The van der Waals surface area contributed by atoms with Crippen LogP contribution in [0.15, 0.2) is 54.9 Å². The van der Waals surface area contributed by atoms with Crippen molar-refractivity contribution in [1.29, 1.82) is 0 Å². The summed E-state index contributed by atoms with van der Waals surface area (Å²) >= 11 is 0. The van der Waals surface area contributed by atoms with E-state index in [4.69, 9.17) is 0 Å². The van der Waals surface area contributed by atoms with Crippen LogP contribution in [-0.4, -0.2) is 32.7 Å². The van der Waals surface area contributed by atoms with Crippen molar-refractivity contribution in [3.05, 3.63) is 60.4 Å². The summed E-state index contributed by atoms with van der Waals surface area (Å²) in [4.78, 5) is 12.8. The van der Waals surface area contributed by atoms with Crippen molar-refractivity contribution >= 4 is 17.0 Å². The molecule has 0 amide bonds. The largest absolute Gasteiger partial charge is 0.394 e. The number of fused-ring (bicyclic) bond motifs is 1. The Hall–Kier alpha value is -2.53. The lowest BCUT2D eigenvalue weighted by molar-refractivity contribution is 0.273. The first kappa shape index (κ1) is 13.5. The molecule has 5 nitrogen and oxygen atoms in total. The quantitative estimate of drug-likeness (QED) is 0.748. The number of aliphatic hydroxyl groups excluding tert-OH is 1. The number of hydrogen-bond donors (Lipinski definition) is 2. The van der Waals surface area contributed by atoms with Gasteiger partial charge in [-0.2, -0.15) is 0 Å². The van der Waals surface area contributed by atoms with Crippen molar-refractivity contribution in [3.8, 4) is 0 Å². The lowest BCUT2D eigenvalue weighted by Gasteiger charge is -2.17. The Morgan fingerprint density at radius 2 is 1.81 bits per heavy atom. The van der Waals surface area contributed by atoms with E-state index >= 15 is 0 Å². The maximum atomic E-state index is 9.54. The third-order valence-electron chi connectivity index (χ3n) is 3.23.